The lowest BCUT2D eigenvalue weighted by Gasteiger charge is -2.24. The molecule has 0 saturated carbocycles. The fourth-order valence-electron chi connectivity index (χ4n) is 1.92. The molecule has 1 rings (SSSR count). The Morgan fingerprint density at radius 2 is 2.31 bits per heavy atom. The second-order valence-electron chi connectivity index (χ2n) is 5.00. The molecule has 1 heterocycles. The van der Waals surface area contributed by atoms with Gasteiger partial charge in [0.15, 0.2) is 0 Å². The maximum atomic E-state index is 11.6. The summed E-state index contributed by atoms with van der Waals surface area (Å²) in [4.78, 5) is 11.6. The molecule has 0 bridgehead atoms. The molecule has 16 heavy (non-hydrogen) atoms. The Hall–Kier alpha value is -1.01. The van der Waals surface area contributed by atoms with Crippen LogP contribution in [-0.2, 0) is 4.79 Å². The number of carbonyl (C=O) groups excluding carboxylic acids is 1. The third kappa shape index (κ3) is 4.67. The molecule has 0 spiro atoms. The molecule has 3 heteroatoms. The van der Waals surface area contributed by atoms with E-state index in [9.17, 15) is 4.79 Å². The van der Waals surface area contributed by atoms with Crippen LogP contribution in [0.2, 0.25) is 0 Å². The second-order valence-corrected chi connectivity index (χ2v) is 5.00. The zero-order chi connectivity index (χ0) is 12.0. The molecule has 1 saturated heterocycles. The van der Waals surface area contributed by atoms with Crippen LogP contribution in [0, 0.1) is 12.3 Å². The average molecular weight is 222 g/mol. The van der Waals surface area contributed by atoms with E-state index < -0.39 is 5.54 Å². The Morgan fingerprint density at radius 3 is 2.88 bits per heavy atom. The summed E-state index contributed by atoms with van der Waals surface area (Å²) >= 11 is 0. The summed E-state index contributed by atoms with van der Waals surface area (Å²) in [5.74, 6) is 2.61. The van der Waals surface area contributed by atoms with E-state index in [-0.39, 0.29) is 5.91 Å². The van der Waals surface area contributed by atoms with E-state index in [2.05, 4.69) is 16.6 Å². The first-order valence-corrected chi connectivity index (χ1v) is 6.06. The molecular weight excluding hydrogens is 200 g/mol. The standard InChI is InChI=1S/C13H22N2O/c1-4-13(2,3)15-12(16)9-8-11-7-5-6-10-14-11/h1,11,14H,5-10H2,2-3H3,(H,15,16). The topological polar surface area (TPSA) is 41.1 Å². The maximum absolute atomic E-state index is 11.6. The lowest BCUT2D eigenvalue weighted by molar-refractivity contribution is -0.122. The first kappa shape index (κ1) is 13.1. The van der Waals surface area contributed by atoms with Crippen LogP contribution < -0.4 is 10.6 Å². The molecule has 1 aliphatic heterocycles. The van der Waals surface area contributed by atoms with Gasteiger partial charge in [-0.3, -0.25) is 4.79 Å². The van der Waals surface area contributed by atoms with Crippen molar-refractivity contribution >= 4 is 5.91 Å². The molecule has 1 fully saturated rings. The lowest BCUT2D eigenvalue weighted by atomic mass is 10.00. The normalized spacial score (nSPS) is 21.2. The Kier molecular flexibility index (Phi) is 4.82. The van der Waals surface area contributed by atoms with Crippen molar-refractivity contribution in [3.8, 4) is 12.3 Å². The predicted octanol–water partition coefficient (Wildman–Crippen LogP) is 1.44. The zero-order valence-corrected chi connectivity index (χ0v) is 10.3. The summed E-state index contributed by atoms with van der Waals surface area (Å²) in [6.45, 7) is 4.76. The fraction of sp³-hybridized carbons (Fsp3) is 0.769. The molecule has 0 aromatic carbocycles. The van der Waals surface area contributed by atoms with Gasteiger partial charge in [-0.25, -0.2) is 0 Å². The third-order valence-electron chi connectivity index (χ3n) is 2.94. The molecule has 1 unspecified atom stereocenters. The molecule has 3 nitrogen and oxygen atoms in total. The minimum atomic E-state index is -0.531. The molecule has 1 aliphatic rings. The van der Waals surface area contributed by atoms with Crippen LogP contribution in [0.3, 0.4) is 0 Å². The molecule has 0 aromatic heterocycles. The highest BCUT2D eigenvalue weighted by molar-refractivity contribution is 5.77. The Morgan fingerprint density at radius 1 is 1.56 bits per heavy atom. The van der Waals surface area contributed by atoms with Crippen molar-refractivity contribution in [1.29, 1.82) is 0 Å². The second kappa shape index (κ2) is 5.91. The first-order valence-electron chi connectivity index (χ1n) is 6.06. The minimum Gasteiger partial charge on any atom is -0.340 e. The molecule has 0 aliphatic carbocycles. The minimum absolute atomic E-state index is 0.0512. The van der Waals surface area contributed by atoms with Crippen LogP contribution in [0.5, 0.6) is 0 Å². The van der Waals surface area contributed by atoms with Gasteiger partial charge in [0, 0.05) is 12.5 Å². The van der Waals surface area contributed by atoms with Gasteiger partial charge in [0.25, 0.3) is 0 Å². The van der Waals surface area contributed by atoms with E-state index >= 15 is 0 Å². The van der Waals surface area contributed by atoms with Crippen LogP contribution in [0.15, 0.2) is 0 Å². The average Bonchev–Trinajstić information content (AvgIpc) is 2.27. The molecule has 0 radical (unpaired) electrons. The van der Waals surface area contributed by atoms with E-state index in [4.69, 9.17) is 6.42 Å². The van der Waals surface area contributed by atoms with Gasteiger partial charge in [-0.05, 0) is 39.7 Å². The number of hydrogen-bond acceptors (Lipinski definition) is 2. The summed E-state index contributed by atoms with van der Waals surface area (Å²) in [6.07, 6.45) is 10.5. The van der Waals surface area contributed by atoms with Gasteiger partial charge >= 0.3 is 0 Å². The summed E-state index contributed by atoms with van der Waals surface area (Å²) < 4.78 is 0. The SMILES string of the molecule is C#CC(C)(C)NC(=O)CCC1CCCCN1. The third-order valence-corrected chi connectivity index (χ3v) is 2.94. The van der Waals surface area contributed by atoms with E-state index in [0.29, 0.717) is 12.5 Å². The van der Waals surface area contributed by atoms with E-state index in [0.717, 1.165) is 13.0 Å². The summed E-state index contributed by atoms with van der Waals surface area (Å²) in [6, 6.07) is 0.508. The Balaban J connectivity index is 2.22. The van der Waals surface area contributed by atoms with Gasteiger partial charge in [-0.1, -0.05) is 12.3 Å². The van der Waals surface area contributed by atoms with Crippen molar-refractivity contribution in [2.75, 3.05) is 6.54 Å². The highest BCUT2D eigenvalue weighted by atomic mass is 16.1. The van der Waals surface area contributed by atoms with Crippen molar-refractivity contribution in [3.05, 3.63) is 0 Å². The smallest absolute Gasteiger partial charge is 0.221 e. The Labute approximate surface area is 98.4 Å². The van der Waals surface area contributed by atoms with Crippen LogP contribution >= 0.6 is 0 Å². The highest BCUT2D eigenvalue weighted by Crippen LogP contribution is 2.12. The van der Waals surface area contributed by atoms with Crippen molar-refractivity contribution in [2.24, 2.45) is 0 Å². The van der Waals surface area contributed by atoms with Gasteiger partial charge < -0.3 is 10.6 Å². The van der Waals surface area contributed by atoms with Crippen molar-refractivity contribution in [3.63, 3.8) is 0 Å². The predicted molar refractivity (Wildman–Crippen MR) is 65.9 cm³/mol. The maximum Gasteiger partial charge on any atom is 0.221 e. The van der Waals surface area contributed by atoms with Gasteiger partial charge in [0.05, 0.1) is 5.54 Å². The number of piperidine rings is 1. The van der Waals surface area contributed by atoms with Gasteiger partial charge in [0.2, 0.25) is 5.91 Å². The van der Waals surface area contributed by atoms with E-state index in [1.807, 2.05) is 13.8 Å². The molecule has 0 aromatic rings. The van der Waals surface area contributed by atoms with Crippen molar-refractivity contribution in [1.82, 2.24) is 10.6 Å². The van der Waals surface area contributed by atoms with Crippen LogP contribution in [-0.4, -0.2) is 24.0 Å². The van der Waals surface area contributed by atoms with Crippen LogP contribution in [0.25, 0.3) is 0 Å². The van der Waals surface area contributed by atoms with Gasteiger partial charge in [0.1, 0.15) is 0 Å². The fourth-order valence-corrected chi connectivity index (χ4v) is 1.92. The number of nitrogens with one attached hydrogen (secondary N) is 2. The number of rotatable bonds is 4. The van der Waals surface area contributed by atoms with Crippen molar-refractivity contribution in [2.45, 2.75) is 57.5 Å². The van der Waals surface area contributed by atoms with Gasteiger partial charge in [-0.2, -0.15) is 0 Å². The van der Waals surface area contributed by atoms with E-state index in [1.165, 1.54) is 19.3 Å². The first-order chi connectivity index (χ1) is 7.53. The molecule has 1 atom stereocenters. The number of carbonyl (C=O) groups is 1. The summed E-state index contributed by atoms with van der Waals surface area (Å²) in [7, 11) is 0. The molecular formula is C13H22N2O. The Bertz CT molecular complexity index is 272. The van der Waals surface area contributed by atoms with Crippen LogP contribution in [0.4, 0.5) is 0 Å². The van der Waals surface area contributed by atoms with Crippen molar-refractivity contribution < 1.29 is 4.79 Å². The zero-order valence-electron chi connectivity index (χ0n) is 10.3. The number of amides is 1. The lowest BCUT2D eigenvalue weighted by Crippen LogP contribution is -2.43. The molecule has 90 valence electrons. The molecule has 1 amide bonds. The quantitative estimate of drug-likeness (QED) is 0.707. The number of terminal acetylenes is 1. The number of hydrogen-bond donors (Lipinski definition) is 2. The summed E-state index contributed by atoms with van der Waals surface area (Å²) in [5.41, 5.74) is -0.531. The highest BCUT2D eigenvalue weighted by Gasteiger charge is 2.18. The molecule has 2 N–H and O–H groups in total. The largest absolute Gasteiger partial charge is 0.340 e. The van der Waals surface area contributed by atoms with Crippen LogP contribution in [0.1, 0.15) is 46.0 Å². The van der Waals surface area contributed by atoms with Gasteiger partial charge in [-0.15, -0.1) is 6.42 Å². The monoisotopic (exact) mass is 222 g/mol. The van der Waals surface area contributed by atoms with E-state index in [1.54, 1.807) is 0 Å². The summed E-state index contributed by atoms with van der Waals surface area (Å²) in [5, 5.41) is 6.27.